The van der Waals surface area contributed by atoms with E-state index in [0.717, 1.165) is 17.7 Å². The van der Waals surface area contributed by atoms with Gasteiger partial charge in [0.25, 0.3) is 0 Å². The van der Waals surface area contributed by atoms with Crippen molar-refractivity contribution in [1.29, 1.82) is 0 Å². The first-order chi connectivity index (χ1) is 9.60. The van der Waals surface area contributed by atoms with Crippen molar-refractivity contribution in [2.45, 2.75) is 46.1 Å². The van der Waals surface area contributed by atoms with Gasteiger partial charge in [-0.15, -0.1) is 0 Å². The molecule has 2 amide bonds. The molecule has 2 N–H and O–H groups in total. The summed E-state index contributed by atoms with van der Waals surface area (Å²) in [7, 11) is 0. The number of benzene rings is 1. The van der Waals surface area contributed by atoms with E-state index in [9.17, 15) is 9.59 Å². The Morgan fingerprint density at radius 2 is 2.05 bits per heavy atom. The number of imide groups is 1. The third-order valence-electron chi connectivity index (χ3n) is 3.01. The number of aryl methyl sites for hydroxylation is 1. The number of anilines is 1. The molecular weight excluding hydrogens is 276 g/mol. The van der Waals surface area contributed by atoms with Crippen molar-refractivity contribution in [1.82, 2.24) is 5.32 Å². The van der Waals surface area contributed by atoms with Gasteiger partial charge in [0, 0.05) is 17.1 Å². The first-order valence-corrected chi connectivity index (χ1v) is 7.36. The summed E-state index contributed by atoms with van der Waals surface area (Å²) in [5, 5.41) is 6.10. The van der Waals surface area contributed by atoms with Crippen molar-refractivity contribution in [3.8, 4) is 0 Å². The predicted octanol–water partition coefficient (Wildman–Crippen LogP) is 3.15. The Morgan fingerprint density at radius 1 is 1.35 bits per heavy atom. The fourth-order valence-electron chi connectivity index (χ4n) is 1.96. The molecule has 0 bridgehead atoms. The number of piperidine rings is 1. The molecule has 1 atom stereocenters. The number of hydrogen-bond donors (Lipinski definition) is 2. The van der Waals surface area contributed by atoms with Crippen LogP contribution in [0.5, 0.6) is 0 Å². The highest BCUT2D eigenvalue weighted by atomic mass is 35.5. The maximum atomic E-state index is 11.6. The van der Waals surface area contributed by atoms with Crippen molar-refractivity contribution in [2.75, 3.05) is 5.32 Å². The van der Waals surface area contributed by atoms with Crippen LogP contribution in [0.25, 0.3) is 0 Å². The highest BCUT2D eigenvalue weighted by Crippen LogP contribution is 2.22. The summed E-state index contributed by atoms with van der Waals surface area (Å²) in [4.78, 5) is 22.6. The highest BCUT2D eigenvalue weighted by molar-refractivity contribution is 6.31. The Bertz CT molecular complexity index is 489. The molecule has 20 heavy (non-hydrogen) atoms. The van der Waals surface area contributed by atoms with Crippen LogP contribution >= 0.6 is 11.6 Å². The fraction of sp³-hybridized carbons (Fsp3) is 0.467. The number of nitrogens with one attached hydrogen (secondary N) is 2. The minimum atomic E-state index is -0.369. The summed E-state index contributed by atoms with van der Waals surface area (Å²) in [5.41, 5.74) is 1.87. The number of carbonyl (C=O) groups is 2. The zero-order valence-electron chi connectivity index (χ0n) is 12.1. The van der Waals surface area contributed by atoms with Crippen molar-refractivity contribution < 1.29 is 9.59 Å². The van der Waals surface area contributed by atoms with Crippen LogP contribution in [0.1, 0.15) is 39.2 Å². The first kappa shape index (κ1) is 16.5. The first-order valence-electron chi connectivity index (χ1n) is 6.99. The van der Waals surface area contributed by atoms with E-state index in [0.29, 0.717) is 17.9 Å². The average molecular weight is 297 g/mol. The monoisotopic (exact) mass is 296 g/mol. The summed E-state index contributed by atoms with van der Waals surface area (Å²) in [6.07, 6.45) is 1.75. The van der Waals surface area contributed by atoms with Gasteiger partial charge >= 0.3 is 0 Å². The molecule has 1 aromatic carbocycles. The molecule has 5 heteroatoms. The molecule has 2 rings (SSSR count). The van der Waals surface area contributed by atoms with Gasteiger partial charge in [-0.05, 0) is 30.5 Å². The minimum absolute atomic E-state index is 0.211. The normalized spacial score (nSPS) is 17.9. The second kappa shape index (κ2) is 7.90. The largest absolute Gasteiger partial charge is 0.374 e. The van der Waals surface area contributed by atoms with E-state index < -0.39 is 0 Å². The van der Waals surface area contributed by atoms with Gasteiger partial charge in [-0.2, -0.15) is 0 Å². The summed E-state index contributed by atoms with van der Waals surface area (Å²) >= 11 is 6.11. The fourth-order valence-corrected chi connectivity index (χ4v) is 2.27. The SMILES string of the molecule is CC.CCc1ccc(NC2CCC(=O)NC2=O)cc1Cl. The zero-order chi connectivity index (χ0) is 15.1. The maximum Gasteiger partial charge on any atom is 0.249 e. The van der Waals surface area contributed by atoms with Crippen molar-refractivity contribution in [3.63, 3.8) is 0 Å². The third kappa shape index (κ3) is 4.23. The highest BCUT2D eigenvalue weighted by Gasteiger charge is 2.26. The summed E-state index contributed by atoms with van der Waals surface area (Å²) in [6, 6.07) is 5.28. The van der Waals surface area contributed by atoms with E-state index in [1.165, 1.54) is 0 Å². The lowest BCUT2D eigenvalue weighted by atomic mass is 10.1. The molecule has 0 aromatic heterocycles. The van der Waals surface area contributed by atoms with Gasteiger partial charge in [0.15, 0.2) is 0 Å². The van der Waals surface area contributed by atoms with E-state index in [1.54, 1.807) is 0 Å². The van der Waals surface area contributed by atoms with Crippen LogP contribution in [0, 0.1) is 0 Å². The maximum absolute atomic E-state index is 11.6. The number of hydrogen-bond acceptors (Lipinski definition) is 3. The Balaban J connectivity index is 0.000000956. The molecule has 0 spiro atoms. The molecule has 1 aromatic rings. The molecule has 110 valence electrons. The number of amides is 2. The standard InChI is InChI=1S/C13H15ClN2O2.C2H6/c1-2-8-3-4-9(7-10(8)14)15-11-5-6-12(17)16-13(11)18;1-2/h3-4,7,11,15H,2,5-6H2,1H3,(H,16,17,18);1-2H3. The van der Waals surface area contributed by atoms with Crippen LogP contribution in [-0.2, 0) is 16.0 Å². The Hall–Kier alpha value is -1.55. The van der Waals surface area contributed by atoms with Gasteiger partial charge in [-0.3, -0.25) is 14.9 Å². The van der Waals surface area contributed by atoms with Gasteiger partial charge in [-0.1, -0.05) is 38.4 Å². The van der Waals surface area contributed by atoms with Crippen LogP contribution in [0.2, 0.25) is 5.02 Å². The average Bonchev–Trinajstić information content (AvgIpc) is 2.44. The Labute approximate surface area is 124 Å². The van der Waals surface area contributed by atoms with Crippen LogP contribution in [0.4, 0.5) is 5.69 Å². The minimum Gasteiger partial charge on any atom is -0.374 e. The smallest absolute Gasteiger partial charge is 0.249 e. The molecule has 0 saturated carbocycles. The number of rotatable bonds is 3. The van der Waals surface area contributed by atoms with E-state index in [4.69, 9.17) is 11.6 Å². The topological polar surface area (TPSA) is 58.2 Å². The van der Waals surface area contributed by atoms with Crippen LogP contribution in [0.15, 0.2) is 18.2 Å². The zero-order valence-corrected chi connectivity index (χ0v) is 12.9. The van der Waals surface area contributed by atoms with Gasteiger partial charge in [0.05, 0.1) is 0 Å². The van der Waals surface area contributed by atoms with E-state index in [-0.39, 0.29) is 17.9 Å². The van der Waals surface area contributed by atoms with Crippen molar-refractivity contribution >= 4 is 29.1 Å². The van der Waals surface area contributed by atoms with Crippen molar-refractivity contribution in [2.24, 2.45) is 0 Å². The molecule has 1 aliphatic rings. The molecule has 0 radical (unpaired) electrons. The molecule has 1 saturated heterocycles. The predicted molar refractivity (Wildman–Crippen MR) is 82.0 cm³/mol. The molecule has 1 aliphatic heterocycles. The van der Waals surface area contributed by atoms with Gasteiger partial charge in [0.1, 0.15) is 6.04 Å². The van der Waals surface area contributed by atoms with Gasteiger partial charge in [0.2, 0.25) is 11.8 Å². The summed E-state index contributed by atoms with van der Waals surface area (Å²) < 4.78 is 0. The van der Waals surface area contributed by atoms with Crippen LogP contribution in [0.3, 0.4) is 0 Å². The molecule has 1 heterocycles. The van der Waals surface area contributed by atoms with E-state index in [2.05, 4.69) is 10.6 Å². The molecular formula is C15H21ClN2O2. The third-order valence-corrected chi connectivity index (χ3v) is 3.37. The van der Waals surface area contributed by atoms with E-state index >= 15 is 0 Å². The summed E-state index contributed by atoms with van der Waals surface area (Å²) in [5.74, 6) is -0.487. The van der Waals surface area contributed by atoms with Crippen molar-refractivity contribution in [3.05, 3.63) is 28.8 Å². The van der Waals surface area contributed by atoms with Gasteiger partial charge < -0.3 is 5.32 Å². The number of carbonyl (C=O) groups excluding carboxylic acids is 2. The quantitative estimate of drug-likeness (QED) is 0.843. The lowest BCUT2D eigenvalue weighted by Gasteiger charge is -2.23. The van der Waals surface area contributed by atoms with Crippen LogP contribution in [-0.4, -0.2) is 17.9 Å². The lowest BCUT2D eigenvalue weighted by molar-refractivity contribution is -0.133. The molecule has 4 nitrogen and oxygen atoms in total. The molecule has 0 aliphatic carbocycles. The van der Waals surface area contributed by atoms with Crippen LogP contribution < -0.4 is 10.6 Å². The second-order valence-corrected chi connectivity index (χ2v) is 4.71. The lowest BCUT2D eigenvalue weighted by Crippen LogP contribution is -2.47. The second-order valence-electron chi connectivity index (χ2n) is 4.31. The molecule has 1 fully saturated rings. The van der Waals surface area contributed by atoms with E-state index in [1.807, 2.05) is 39.0 Å². The Morgan fingerprint density at radius 3 is 2.60 bits per heavy atom. The Kier molecular flexibility index (Phi) is 6.52. The molecule has 1 unspecified atom stereocenters. The number of halogens is 1. The summed E-state index contributed by atoms with van der Waals surface area (Å²) in [6.45, 7) is 6.04. The van der Waals surface area contributed by atoms with Gasteiger partial charge in [-0.25, -0.2) is 0 Å².